The molecule has 0 aliphatic carbocycles. The first kappa shape index (κ1) is 8.85. The summed E-state index contributed by atoms with van der Waals surface area (Å²) < 4.78 is 16.4. The van der Waals surface area contributed by atoms with Crippen LogP contribution in [0.5, 0.6) is 17.2 Å². The van der Waals surface area contributed by atoms with E-state index in [1.807, 2.05) is 26.1 Å². The van der Waals surface area contributed by atoms with Gasteiger partial charge < -0.3 is 19.5 Å². The van der Waals surface area contributed by atoms with Crippen LogP contribution in [0.25, 0.3) is 0 Å². The lowest BCUT2D eigenvalue weighted by molar-refractivity contribution is 0.172. The van der Waals surface area contributed by atoms with Crippen molar-refractivity contribution in [3.8, 4) is 17.2 Å². The van der Waals surface area contributed by atoms with Gasteiger partial charge in [-0.3, -0.25) is 0 Å². The Morgan fingerprint density at radius 3 is 2.67 bits per heavy atom. The molecule has 2 heterocycles. The second kappa shape index (κ2) is 3.03. The summed E-state index contributed by atoms with van der Waals surface area (Å²) >= 11 is 0. The van der Waals surface area contributed by atoms with Crippen LogP contribution in [-0.2, 0) is 0 Å². The van der Waals surface area contributed by atoms with Crippen molar-refractivity contribution in [1.82, 2.24) is 5.32 Å². The summed E-state index contributed by atoms with van der Waals surface area (Å²) in [5.41, 5.74) is 1.15. The third kappa shape index (κ3) is 1.18. The highest BCUT2D eigenvalue weighted by Crippen LogP contribution is 2.45. The van der Waals surface area contributed by atoms with Crippen molar-refractivity contribution in [3.05, 3.63) is 17.7 Å². The molecule has 0 bridgehead atoms. The molecule has 0 saturated heterocycles. The molecular formula is C11H13NO3. The van der Waals surface area contributed by atoms with Crippen molar-refractivity contribution in [1.29, 1.82) is 0 Å². The topological polar surface area (TPSA) is 39.7 Å². The van der Waals surface area contributed by atoms with Crippen LogP contribution in [0, 0.1) is 0 Å². The number of nitrogens with one attached hydrogen (secondary N) is 1. The lowest BCUT2D eigenvalue weighted by Gasteiger charge is -2.12. The van der Waals surface area contributed by atoms with Crippen molar-refractivity contribution in [3.63, 3.8) is 0 Å². The monoisotopic (exact) mass is 207 g/mol. The summed E-state index contributed by atoms with van der Waals surface area (Å²) in [5.74, 6) is 2.48. The van der Waals surface area contributed by atoms with Crippen LogP contribution >= 0.6 is 0 Å². The zero-order chi connectivity index (χ0) is 10.4. The average molecular weight is 207 g/mol. The summed E-state index contributed by atoms with van der Waals surface area (Å²) in [6.45, 7) is 2.35. The van der Waals surface area contributed by atoms with Crippen molar-refractivity contribution in [2.24, 2.45) is 0 Å². The molecule has 0 radical (unpaired) electrons. The third-order valence-electron chi connectivity index (χ3n) is 2.93. The van der Waals surface area contributed by atoms with Crippen LogP contribution in [0.1, 0.15) is 18.5 Å². The fourth-order valence-electron chi connectivity index (χ4n) is 2.20. The molecule has 4 heteroatoms. The Balaban J connectivity index is 2.08. The number of ether oxygens (including phenoxy) is 3. The minimum Gasteiger partial charge on any atom is -0.488 e. The standard InChI is InChI=1S/C11H13NO3/c1-6-11(12-2)7-3-9-10(14-5-13-9)4-8(7)15-6/h3-4,6,11-12H,5H2,1-2H3. The van der Waals surface area contributed by atoms with E-state index in [0.29, 0.717) is 6.79 Å². The normalized spacial score (nSPS) is 26.3. The van der Waals surface area contributed by atoms with Gasteiger partial charge in [-0.25, -0.2) is 0 Å². The molecule has 1 aromatic rings. The first-order valence-corrected chi connectivity index (χ1v) is 5.07. The maximum absolute atomic E-state index is 5.74. The van der Waals surface area contributed by atoms with E-state index in [1.165, 1.54) is 0 Å². The molecule has 4 nitrogen and oxygen atoms in total. The Hall–Kier alpha value is -1.42. The number of fused-ring (bicyclic) bond motifs is 2. The van der Waals surface area contributed by atoms with Crippen molar-refractivity contribution in [2.45, 2.75) is 19.1 Å². The van der Waals surface area contributed by atoms with Gasteiger partial charge in [0.1, 0.15) is 11.9 Å². The third-order valence-corrected chi connectivity index (χ3v) is 2.93. The molecule has 0 saturated carbocycles. The van der Waals surface area contributed by atoms with Crippen LogP contribution in [0.4, 0.5) is 0 Å². The van der Waals surface area contributed by atoms with Gasteiger partial charge in [-0.1, -0.05) is 0 Å². The van der Waals surface area contributed by atoms with Crippen LogP contribution < -0.4 is 19.5 Å². The lowest BCUT2D eigenvalue weighted by atomic mass is 10.0. The van der Waals surface area contributed by atoms with Crippen LogP contribution in [0.3, 0.4) is 0 Å². The largest absolute Gasteiger partial charge is 0.488 e. The fraction of sp³-hybridized carbons (Fsp3) is 0.455. The minimum atomic E-state index is 0.146. The molecule has 3 rings (SSSR count). The van der Waals surface area contributed by atoms with Crippen molar-refractivity contribution >= 4 is 0 Å². The van der Waals surface area contributed by atoms with E-state index < -0.39 is 0 Å². The molecule has 2 unspecified atom stereocenters. The van der Waals surface area contributed by atoms with E-state index in [-0.39, 0.29) is 12.1 Å². The zero-order valence-electron chi connectivity index (χ0n) is 8.74. The molecule has 0 amide bonds. The molecule has 2 aliphatic heterocycles. The summed E-state index contributed by atoms with van der Waals surface area (Å²) in [5, 5.41) is 3.24. The molecule has 15 heavy (non-hydrogen) atoms. The first-order chi connectivity index (χ1) is 7.29. The number of benzene rings is 1. The second-order valence-electron chi connectivity index (χ2n) is 3.83. The maximum Gasteiger partial charge on any atom is 0.231 e. The lowest BCUT2D eigenvalue weighted by Crippen LogP contribution is -2.25. The molecular weight excluding hydrogens is 194 g/mol. The SMILES string of the molecule is CNC1c2cc3c(cc2OC1C)OCO3. The van der Waals surface area contributed by atoms with Gasteiger partial charge in [0.05, 0.1) is 6.04 Å². The van der Waals surface area contributed by atoms with Crippen LogP contribution in [-0.4, -0.2) is 19.9 Å². The van der Waals surface area contributed by atoms with E-state index in [1.54, 1.807) is 0 Å². The van der Waals surface area contributed by atoms with Crippen molar-refractivity contribution in [2.75, 3.05) is 13.8 Å². The Kier molecular flexibility index (Phi) is 1.79. The summed E-state index contributed by atoms with van der Waals surface area (Å²) in [6, 6.07) is 4.14. The quantitative estimate of drug-likeness (QED) is 0.756. The molecule has 0 aromatic heterocycles. The number of hydrogen-bond acceptors (Lipinski definition) is 4. The maximum atomic E-state index is 5.74. The molecule has 0 spiro atoms. The van der Waals surface area contributed by atoms with Gasteiger partial charge in [0.15, 0.2) is 11.5 Å². The van der Waals surface area contributed by atoms with Crippen LogP contribution in [0.15, 0.2) is 12.1 Å². The Morgan fingerprint density at radius 1 is 1.20 bits per heavy atom. The molecule has 1 aromatic carbocycles. The molecule has 0 fully saturated rings. The summed E-state index contributed by atoms with van der Waals surface area (Å²) in [4.78, 5) is 0. The predicted octanol–water partition coefficient (Wildman–Crippen LogP) is 1.46. The molecule has 1 N–H and O–H groups in total. The van der Waals surface area contributed by atoms with Gasteiger partial charge in [0.25, 0.3) is 0 Å². The highest BCUT2D eigenvalue weighted by atomic mass is 16.7. The minimum absolute atomic E-state index is 0.146. The second-order valence-corrected chi connectivity index (χ2v) is 3.83. The summed E-state index contributed by atoms with van der Waals surface area (Å²) in [6.07, 6.45) is 0.146. The van der Waals surface area contributed by atoms with E-state index in [0.717, 1.165) is 22.8 Å². The van der Waals surface area contributed by atoms with E-state index >= 15 is 0 Å². The summed E-state index contributed by atoms with van der Waals surface area (Å²) in [7, 11) is 1.93. The van der Waals surface area contributed by atoms with Gasteiger partial charge in [-0.05, 0) is 20.0 Å². The zero-order valence-corrected chi connectivity index (χ0v) is 8.74. The van der Waals surface area contributed by atoms with Crippen LogP contribution in [0.2, 0.25) is 0 Å². The number of hydrogen-bond donors (Lipinski definition) is 1. The molecule has 2 aliphatic rings. The predicted molar refractivity (Wildman–Crippen MR) is 54.5 cm³/mol. The number of likely N-dealkylation sites (N-methyl/N-ethyl adjacent to an activating group) is 1. The van der Waals surface area contributed by atoms with Gasteiger partial charge >= 0.3 is 0 Å². The van der Waals surface area contributed by atoms with E-state index in [9.17, 15) is 0 Å². The number of rotatable bonds is 1. The molecule has 80 valence electrons. The van der Waals surface area contributed by atoms with Gasteiger partial charge in [0, 0.05) is 11.6 Å². The van der Waals surface area contributed by atoms with Gasteiger partial charge in [0.2, 0.25) is 6.79 Å². The van der Waals surface area contributed by atoms with Crippen molar-refractivity contribution < 1.29 is 14.2 Å². The van der Waals surface area contributed by atoms with E-state index in [2.05, 4.69) is 5.32 Å². The average Bonchev–Trinajstić information content (AvgIpc) is 2.76. The van der Waals surface area contributed by atoms with E-state index in [4.69, 9.17) is 14.2 Å². The Bertz CT molecular complexity index is 405. The van der Waals surface area contributed by atoms with Gasteiger partial charge in [-0.2, -0.15) is 0 Å². The Labute approximate surface area is 88.1 Å². The smallest absolute Gasteiger partial charge is 0.231 e. The highest BCUT2D eigenvalue weighted by Gasteiger charge is 2.32. The Morgan fingerprint density at radius 2 is 1.93 bits per heavy atom. The van der Waals surface area contributed by atoms with Gasteiger partial charge in [-0.15, -0.1) is 0 Å². The highest BCUT2D eigenvalue weighted by molar-refractivity contribution is 5.54. The first-order valence-electron chi connectivity index (χ1n) is 5.07. The fourth-order valence-corrected chi connectivity index (χ4v) is 2.20. The molecule has 2 atom stereocenters.